The summed E-state index contributed by atoms with van der Waals surface area (Å²) in [4.78, 5) is 26.7. The average molecular weight is 406 g/mol. The van der Waals surface area contributed by atoms with Gasteiger partial charge in [0.1, 0.15) is 11.5 Å². The van der Waals surface area contributed by atoms with Crippen LogP contribution in [0.25, 0.3) is 11.0 Å². The van der Waals surface area contributed by atoms with Crippen LogP contribution in [-0.4, -0.2) is 50.2 Å². The van der Waals surface area contributed by atoms with Crippen molar-refractivity contribution in [1.82, 2.24) is 9.97 Å². The Morgan fingerprint density at radius 3 is 2.23 bits per heavy atom. The van der Waals surface area contributed by atoms with Crippen LogP contribution >= 0.6 is 0 Å². The molecule has 0 fully saturated rings. The van der Waals surface area contributed by atoms with E-state index < -0.39 is 0 Å². The third kappa shape index (κ3) is 4.01. The molecule has 30 heavy (non-hydrogen) atoms. The molecule has 0 saturated carbocycles. The normalized spacial score (nSPS) is 13.7. The van der Waals surface area contributed by atoms with Crippen LogP contribution in [0.15, 0.2) is 42.5 Å². The van der Waals surface area contributed by atoms with Gasteiger partial charge in [-0.1, -0.05) is 12.1 Å². The molecular weight excluding hydrogens is 380 g/mol. The number of hydrogen-bond donors (Lipinski definition) is 0. The van der Waals surface area contributed by atoms with Crippen LogP contribution in [0.5, 0.6) is 11.5 Å². The van der Waals surface area contributed by atoms with E-state index in [0.29, 0.717) is 25.2 Å². The summed E-state index contributed by atoms with van der Waals surface area (Å²) in [7, 11) is 5.24. The molecule has 1 aromatic heterocycles. The Balaban J connectivity index is 1.60. The van der Waals surface area contributed by atoms with Gasteiger partial charge in [0, 0.05) is 32.6 Å². The fourth-order valence-corrected chi connectivity index (χ4v) is 3.74. The quantitative estimate of drug-likeness (QED) is 0.647. The SMILES string of the molecule is COc1cc(CCC(=O)N2CCCN(C)c3nc4ccccc4nc32)cc(OC)c1. The van der Waals surface area contributed by atoms with Crippen LogP contribution in [0.3, 0.4) is 0 Å². The molecule has 0 spiro atoms. The van der Waals surface area contributed by atoms with Gasteiger partial charge in [-0.2, -0.15) is 0 Å². The molecule has 0 N–H and O–H groups in total. The fraction of sp³-hybridized carbons (Fsp3) is 0.348. The van der Waals surface area contributed by atoms with E-state index in [1.165, 1.54) is 0 Å². The first kappa shape index (κ1) is 19.9. The van der Waals surface area contributed by atoms with Crippen molar-refractivity contribution in [2.24, 2.45) is 0 Å². The van der Waals surface area contributed by atoms with Crippen molar-refractivity contribution < 1.29 is 14.3 Å². The second-order valence-corrected chi connectivity index (χ2v) is 7.40. The highest BCUT2D eigenvalue weighted by Crippen LogP contribution is 2.31. The first-order valence-electron chi connectivity index (χ1n) is 10.1. The van der Waals surface area contributed by atoms with Crippen molar-refractivity contribution in [1.29, 1.82) is 0 Å². The summed E-state index contributed by atoms with van der Waals surface area (Å²) in [6.45, 7) is 1.46. The minimum atomic E-state index is 0.0397. The Morgan fingerprint density at radius 1 is 0.967 bits per heavy atom. The maximum absolute atomic E-state index is 13.2. The van der Waals surface area contributed by atoms with Gasteiger partial charge in [0.2, 0.25) is 5.91 Å². The number of carbonyl (C=O) groups excluding carboxylic acids is 1. The Kier molecular flexibility index (Phi) is 5.70. The number of amides is 1. The molecule has 1 amide bonds. The molecule has 156 valence electrons. The predicted octanol–water partition coefficient (Wildman–Crippen LogP) is 3.45. The first-order chi connectivity index (χ1) is 14.6. The van der Waals surface area contributed by atoms with Crippen molar-refractivity contribution >= 4 is 28.6 Å². The number of benzene rings is 2. The van der Waals surface area contributed by atoms with Crippen molar-refractivity contribution in [2.75, 3.05) is 44.2 Å². The number of ether oxygens (including phenoxy) is 2. The van der Waals surface area contributed by atoms with Gasteiger partial charge in [-0.3, -0.25) is 9.69 Å². The molecule has 1 aliphatic rings. The summed E-state index contributed by atoms with van der Waals surface area (Å²) in [5.41, 5.74) is 2.62. The van der Waals surface area contributed by atoms with Crippen LogP contribution in [0.2, 0.25) is 0 Å². The average Bonchev–Trinajstić information content (AvgIpc) is 2.94. The van der Waals surface area contributed by atoms with Gasteiger partial charge < -0.3 is 14.4 Å². The molecule has 0 aliphatic carbocycles. The number of rotatable bonds is 5. The van der Waals surface area contributed by atoms with Crippen LogP contribution < -0.4 is 19.3 Å². The van der Waals surface area contributed by atoms with Gasteiger partial charge in [-0.05, 0) is 42.7 Å². The minimum absolute atomic E-state index is 0.0397. The minimum Gasteiger partial charge on any atom is -0.497 e. The molecule has 3 aromatic rings. The number of anilines is 2. The van der Waals surface area contributed by atoms with Gasteiger partial charge in [-0.25, -0.2) is 9.97 Å². The Labute approximate surface area is 176 Å². The summed E-state index contributed by atoms with van der Waals surface area (Å²) >= 11 is 0. The van der Waals surface area contributed by atoms with E-state index >= 15 is 0 Å². The van der Waals surface area contributed by atoms with Gasteiger partial charge >= 0.3 is 0 Å². The van der Waals surface area contributed by atoms with E-state index in [-0.39, 0.29) is 5.91 Å². The van der Waals surface area contributed by atoms with Crippen molar-refractivity contribution in [3.05, 3.63) is 48.0 Å². The fourth-order valence-electron chi connectivity index (χ4n) is 3.74. The van der Waals surface area contributed by atoms with Crippen LogP contribution in [0.4, 0.5) is 11.6 Å². The topological polar surface area (TPSA) is 67.8 Å². The molecule has 4 rings (SSSR count). The smallest absolute Gasteiger partial charge is 0.228 e. The van der Waals surface area contributed by atoms with Crippen molar-refractivity contribution in [3.63, 3.8) is 0 Å². The standard InChI is InChI=1S/C23H26N4O3/c1-26-11-6-12-27(23-22(26)24-19-7-4-5-8-20(19)25-23)21(28)10-9-16-13-17(29-2)15-18(14-16)30-3/h4-5,7-8,13-15H,6,9-12H2,1-3H3. The van der Waals surface area contributed by atoms with Gasteiger partial charge in [0.25, 0.3) is 0 Å². The van der Waals surface area contributed by atoms with E-state index in [1.807, 2.05) is 49.5 Å². The van der Waals surface area contributed by atoms with Gasteiger partial charge in [0.05, 0.1) is 25.3 Å². The zero-order chi connectivity index (χ0) is 21.1. The van der Waals surface area contributed by atoms with Crippen molar-refractivity contribution in [2.45, 2.75) is 19.3 Å². The highest BCUT2D eigenvalue weighted by atomic mass is 16.5. The number of methoxy groups -OCH3 is 2. The molecule has 2 aromatic carbocycles. The molecule has 2 heterocycles. The van der Waals surface area contributed by atoms with Gasteiger partial charge in [0.15, 0.2) is 11.6 Å². The summed E-state index contributed by atoms with van der Waals surface area (Å²) in [5.74, 6) is 2.87. The van der Waals surface area contributed by atoms with Crippen LogP contribution in [-0.2, 0) is 11.2 Å². The highest BCUT2D eigenvalue weighted by molar-refractivity contribution is 5.97. The lowest BCUT2D eigenvalue weighted by Crippen LogP contribution is -2.32. The molecule has 0 bridgehead atoms. The number of aromatic nitrogens is 2. The number of hydrogen-bond acceptors (Lipinski definition) is 6. The van der Waals surface area contributed by atoms with E-state index in [4.69, 9.17) is 19.4 Å². The number of nitrogens with zero attached hydrogens (tertiary/aromatic N) is 4. The number of aryl methyl sites for hydroxylation is 1. The number of para-hydroxylation sites is 2. The number of carbonyl (C=O) groups is 1. The summed E-state index contributed by atoms with van der Waals surface area (Å²) < 4.78 is 10.7. The predicted molar refractivity (Wildman–Crippen MR) is 118 cm³/mol. The zero-order valence-corrected chi connectivity index (χ0v) is 17.6. The van der Waals surface area contributed by atoms with E-state index in [1.54, 1.807) is 19.1 Å². The second-order valence-electron chi connectivity index (χ2n) is 7.40. The lowest BCUT2D eigenvalue weighted by molar-refractivity contribution is -0.118. The maximum atomic E-state index is 13.2. The highest BCUT2D eigenvalue weighted by Gasteiger charge is 2.26. The number of fused-ring (bicyclic) bond motifs is 2. The molecule has 0 unspecified atom stereocenters. The summed E-state index contributed by atoms with van der Waals surface area (Å²) in [6.07, 6.45) is 1.83. The molecule has 0 saturated heterocycles. The lowest BCUT2D eigenvalue weighted by atomic mass is 10.1. The maximum Gasteiger partial charge on any atom is 0.228 e. The molecule has 0 radical (unpaired) electrons. The van der Waals surface area contributed by atoms with Crippen LogP contribution in [0.1, 0.15) is 18.4 Å². The Morgan fingerprint density at radius 2 is 1.60 bits per heavy atom. The molecular formula is C23H26N4O3. The second kappa shape index (κ2) is 8.57. The lowest BCUT2D eigenvalue weighted by Gasteiger charge is -2.23. The summed E-state index contributed by atoms with van der Waals surface area (Å²) in [6, 6.07) is 13.5. The van der Waals surface area contributed by atoms with Crippen molar-refractivity contribution in [3.8, 4) is 11.5 Å². The molecule has 1 aliphatic heterocycles. The largest absolute Gasteiger partial charge is 0.497 e. The van der Waals surface area contributed by atoms with E-state index in [2.05, 4.69) is 4.90 Å². The molecule has 7 heteroatoms. The monoisotopic (exact) mass is 406 g/mol. The van der Waals surface area contributed by atoms with Crippen LogP contribution in [0, 0.1) is 0 Å². The van der Waals surface area contributed by atoms with E-state index in [9.17, 15) is 4.79 Å². The van der Waals surface area contributed by atoms with E-state index in [0.717, 1.165) is 46.9 Å². The summed E-state index contributed by atoms with van der Waals surface area (Å²) in [5, 5.41) is 0. The molecule has 0 atom stereocenters. The molecule has 7 nitrogen and oxygen atoms in total. The zero-order valence-electron chi connectivity index (χ0n) is 17.6. The first-order valence-corrected chi connectivity index (χ1v) is 10.1. The Hall–Kier alpha value is -3.35. The third-order valence-electron chi connectivity index (χ3n) is 5.37. The Bertz CT molecular complexity index is 1050. The third-order valence-corrected chi connectivity index (χ3v) is 5.37. The van der Waals surface area contributed by atoms with Gasteiger partial charge in [-0.15, -0.1) is 0 Å².